The van der Waals surface area contributed by atoms with E-state index in [4.69, 9.17) is 4.42 Å². The fraction of sp³-hybridized carbons (Fsp3) is 0.180. The second kappa shape index (κ2) is 14.3. The highest BCUT2D eigenvalue weighted by atomic mass is 16.3. The van der Waals surface area contributed by atoms with Gasteiger partial charge >= 0.3 is 0 Å². The van der Waals surface area contributed by atoms with E-state index in [2.05, 4.69) is 224 Å². The van der Waals surface area contributed by atoms with Gasteiger partial charge in [-0.05, 0) is 172 Å². The van der Waals surface area contributed by atoms with Gasteiger partial charge in [-0.1, -0.05) is 152 Å². The Bertz CT molecular complexity index is 3420. The number of anilines is 3. The van der Waals surface area contributed by atoms with Crippen LogP contribution in [0.25, 0.3) is 88.0 Å². The van der Waals surface area contributed by atoms with Gasteiger partial charge in [0.1, 0.15) is 5.58 Å². The predicted octanol–water partition coefficient (Wildman–Crippen LogP) is 18.1. The minimum absolute atomic E-state index is 0.0911. The van der Waals surface area contributed by atoms with Crippen molar-refractivity contribution < 1.29 is 4.42 Å². The molecule has 308 valence electrons. The van der Waals surface area contributed by atoms with Crippen LogP contribution in [0.5, 0.6) is 0 Å². The number of hydrogen-bond donors (Lipinski definition) is 0. The summed E-state index contributed by atoms with van der Waals surface area (Å²) in [4.78, 5) is 2.38. The largest absolute Gasteiger partial charge is 0.454 e. The average Bonchev–Trinajstić information content (AvgIpc) is 3.67. The van der Waals surface area contributed by atoms with Crippen molar-refractivity contribution in [1.29, 1.82) is 0 Å². The first-order chi connectivity index (χ1) is 30.3. The third-order valence-electron chi connectivity index (χ3n) is 13.5. The first-order valence-corrected chi connectivity index (χ1v) is 22.5. The van der Waals surface area contributed by atoms with Gasteiger partial charge in [-0.25, -0.2) is 0 Å². The van der Waals surface area contributed by atoms with Gasteiger partial charge in [0.15, 0.2) is 5.58 Å². The van der Waals surface area contributed by atoms with E-state index in [9.17, 15) is 0 Å². The summed E-state index contributed by atoms with van der Waals surface area (Å²) in [6.07, 6.45) is 0. The molecule has 2 nitrogen and oxygen atoms in total. The topological polar surface area (TPSA) is 16.4 Å². The fourth-order valence-electron chi connectivity index (χ4n) is 9.74. The van der Waals surface area contributed by atoms with Crippen molar-refractivity contribution in [2.24, 2.45) is 0 Å². The molecule has 1 aliphatic carbocycles. The van der Waals surface area contributed by atoms with Gasteiger partial charge < -0.3 is 9.32 Å². The quantitative estimate of drug-likeness (QED) is 0.166. The highest BCUT2D eigenvalue weighted by molar-refractivity contribution is 6.14. The second-order valence-electron chi connectivity index (χ2n) is 20.1. The van der Waals surface area contributed by atoms with Crippen LogP contribution in [0.4, 0.5) is 17.1 Å². The zero-order valence-electron chi connectivity index (χ0n) is 37.6. The van der Waals surface area contributed by atoms with Crippen LogP contribution in [-0.2, 0) is 10.8 Å². The summed E-state index contributed by atoms with van der Waals surface area (Å²) in [5, 5.41) is 7.22. The lowest BCUT2D eigenvalue weighted by atomic mass is 9.77. The van der Waals surface area contributed by atoms with E-state index in [-0.39, 0.29) is 10.8 Å². The Hall–Kier alpha value is -6.90. The first kappa shape index (κ1) is 39.0. The third-order valence-corrected chi connectivity index (χ3v) is 13.5. The van der Waals surface area contributed by atoms with Crippen LogP contribution >= 0.6 is 0 Å². The Morgan fingerprint density at radius 1 is 0.413 bits per heavy atom. The molecule has 0 N–H and O–H groups in total. The van der Waals surface area contributed by atoms with Crippen molar-refractivity contribution in [3.05, 3.63) is 187 Å². The maximum absolute atomic E-state index is 6.65. The van der Waals surface area contributed by atoms with Crippen molar-refractivity contribution in [2.45, 2.75) is 72.1 Å². The Morgan fingerprint density at radius 2 is 0.905 bits per heavy atom. The van der Waals surface area contributed by atoms with Crippen molar-refractivity contribution in [1.82, 2.24) is 0 Å². The molecular formula is C61H53NO. The Morgan fingerprint density at radius 3 is 1.48 bits per heavy atom. The highest BCUT2D eigenvalue weighted by Crippen LogP contribution is 2.52. The first-order valence-electron chi connectivity index (χ1n) is 22.5. The molecule has 1 heterocycles. The van der Waals surface area contributed by atoms with Gasteiger partial charge in [0.25, 0.3) is 0 Å². The van der Waals surface area contributed by atoms with E-state index in [0.717, 1.165) is 39.0 Å². The summed E-state index contributed by atoms with van der Waals surface area (Å²) in [7, 11) is 0. The maximum Gasteiger partial charge on any atom is 0.159 e. The monoisotopic (exact) mass is 815 g/mol. The van der Waals surface area contributed by atoms with Crippen LogP contribution < -0.4 is 4.90 Å². The Kier molecular flexibility index (Phi) is 8.86. The molecule has 1 aliphatic rings. The Labute approximate surface area is 371 Å². The molecule has 0 saturated heterocycles. The van der Waals surface area contributed by atoms with E-state index >= 15 is 0 Å². The number of rotatable bonds is 6. The van der Waals surface area contributed by atoms with Gasteiger partial charge in [0.2, 0.25) is 0 Å². The molecule has 0 amide bonds. The lowest BCUT2D eigenvalue weighted by molar-refractivity contribution is 0.590. The molecule has 0 radical (unpaired) electrons. The molecule has 63 heavy (non-hydrogen) atoms. The van der Waals surface area contributed by atoms with Crippen molar-refractivity contribution in [3.8, 4) is 44.5 Å². The minimum atomic E-state index is 0.0911. The molecule has 0 bridgehead atoms. The summed E-state index contributed by atoms with van der Waals surface area (Å²) in [5.41, 5.74) is 19.5. The van der Waals surface area contributed by atoms with E-state index in [0.29, 0.717) is 5.92 Å². The zero-order chi connectivity index (χ0) is 43.4. The fourth-order valence-corrected chi connectivity index (χ4v) is 9.74. The molecule has 0 fully saturated rings. The van der Waals surface area contributed by atoms with Gasteiger partial charge in [-0.15, -0.1) is 0 Å². The SMILES string of the molecule is CC(C)c1cccc(N(c2ccc3cc4c(cc3c2)-c2cc3cc(-c5ccc(C(C)(C)C)cc5)c(-c5ccc(C(C)(C)C)cc5)cc3cc2-4)c2cccc3c2oc2ccccc23)c1. The van der Waals surface area contributed by atoms with Crippen molar-refractivity contribution in [2.75, 3.05) is 4.90 Å². The lowest BCUT2D eigenvalue weighted by Crippen LogP contribution is -2.11. The van der Waals surface area contributed by atoms with Crippen LogP contribution in [0.1, 0.15) is 78.0 Å². The van der Waals surface area contributed by atoms with Crippen LogP contribution in [0.3, 0.4) is 0 Å². The van der Waals surface area contributed by atoms with Gasteiger partial charge in [0.05, 0.1) is 5.69 Å². The molecule has 0 saturated carbocycles. The van der Waals surface area contributed by atoms with E-state index < -0.39 is 0 Å². The molecule has 9 aromatic carbocycles. The van der Waals surface area contributed by atoms with Crippen LogP contribution in [-0.4, -0.2) is 0 Å². The lowest BCUT2D eigenvalue weighted by Gasteiger charge is -2.28. The molecule has 11 rings (SSSR count). The number of hydrogen-bond acceptors (Lipinski definition) is 2. The molecular weight excluding hydrogens is 763 g/mol. The molecule has 0 spiro atoms. The predicted molar refractivity (Wildman–Crippen MR) is 270 cm³/mol. The molecule has 10 aromatic rings. The summed E-state index contributed by atoms with van der Waals surface area (Å²) < 4.78 is 6.65. The molecule has 2 heteroatoms. The number of para-hydroxylation sites is 2. The second-order valence-corrected chi connectivity index (χ2v) is 20.1. The normalized spacial score (nSPS) is 12.6. The van der Waals surface area contributed by atoms with Gasteiger partial charge in [-0.2, -0.15) is 0 Å². The van der Waals surface area contributed by atoms with E-state index in [1.165, 1.54) is 82.7 Å². The van der Waals surface area contributed by atoms with Crippen LogP contribution in [0.2, 0.25) is 0 Å². The number of furan rings is 1. The zero-order valence-corrected chi connectivity index (χ0v) is 37.6. The van der Waals surface area contributed by atoms with Crippen LogP contribution in [0, 0.1) is 0 Å². The minimum Gasteiger partial charge on any atom is -0.454 e. The smallest absolute Gasteiger partial charge is 0.159 e. The van der Waals surface area contributed by atoms with E-state index in [1.54, 1.807) is 0 Å². The summed E-state index contributed by atoms with van der Waals surface area (Å²) >= 11 is 0. The summed E-state index contributed by atoms with van der Waals surface area (Å²) in [6, 6.07) is 63.7. The molecule has 1 aromatic heterocycles. The molecule has 0 aliphatic heterocycles. The average molecular weight is 816 g/mol. The molecule has 0 unspecified atom stereocenters. The highest BCUT2D eigenvalue weighted by Gasteiger charge is 2.26. The number of benzene rings is 9. The van der Waals surface area contributed by atoms with Crippen LogP contribution in [0.15, 0.2) is 174 Å². The third kappa shape index (κ3) is 6.63. The van der Waals surface area contributed by atoms with Gasteiger partial charge in [0, 0.05) is 22.1 Å². The Balaban J connectivity index is 1.04. The van der Waals surface area contributed by atoms with Crippen molar-refractivity contribution >= 4 is 60.5 Å². The van der Waals surface area contributed by atoms with Gasteiger partial charge in [-0.3, -0.25) is 0 Å². The molecule has 0 atom stereocenters. The van der Waals surface area contributed by atoms with Crippen molar-refractivity contribution in [3.63, 3.8) is 0 Å². The summed E-state index contributed by atoms with van der Waals surface area (Å²) in [5.74, 6) is 0.400. The summed E-state index contributed by atoms with van der Waals surface area (Å²) in [6.45, 7) is 18.2. The van der Waals surface area contributed by atoms with E-state index in [1.807, 2.05) is 6.07 Å². The standard InChI is InChI=1S/C61H53NO/c1-37(2)40-13-11-14-47(29-40)62(57-17-12-16-50-49-15-9-10-18-58(49)63-59(50)57)48-28-23-41-31-53-54(34-42(41)30-48)56-36-44-33-52(39-21-26-46(27-22-39)61(6,7)8)51(32-43(44)35-55(53)56)38-19-24-45(25-20-38)60(3,4)5/h9-37H,1-8H3. The number of fused-ring (bicyclic) bond motifs is 9. The maximum atomic E-state index is 6.65. The number of nitrogens with zero attached hydrogens (tertiary/aromatic N) is 1.